The fourth-order valence-electron chi connectivity index (χ4n) is 1.05. The van der Waals surface area contributed by atoms with Crippen molar-refractivity contribution in [2.45, 2.75) is 6.42 Å². The second kappa shape index (κ2) is 4.74. The molecule has 0 bridgehead atoms. The normalized spacial score (nSPS) is 9.31. The Morgan fingerprint density at radius 1 is 1.54 bits per heavy atom. The minimum absolute atomic E-state index is 0.503. The first-order valence-electron chi connectivity index (χ1n) is 3.93. The summed E-state index contributed by atoms with van der Waals surface area (Å²) in [6.45, 7) is 7.15. The maximum absolute atomic E-state index is 6.65. The minimum atomic E-state index is 0.503. The Labute approximate surface area is 82.9 Å². The molecule has 0 amide bonds. The van der Waals surface area contributed by atoms with E-state index in [1.807, 2.05) is 18.2 Å². The molecule has 0 heterocycles. The summed E-state index contributed by atoms with van der Waals surface area (Å²) in [4.78, 5) is 3.28. The van der Waals surface area contributed by atoms with Gasteiger partial charge >= 0.3 is 0 Å². The van der Waals surface area contributed by atoms with Crippen molar-refractivity contribution in [2.24, 2.45) is 0 Å². The molecule has 0 aliphatic rings. The Morgan fingerprint density at radius 2 is 2.31 bits per heavy atom. The van der Waals surface area contributed by atoms with Crippen molar-refractivity contribution in [2.75, 3.05) is 13.7 Å². The molecule has 13 heavy (non-hydrogen) atoms. The average Bonchev–Trinajstić information content (AvgIpc) is 2.15. The van der Waals surface area contributed by atoms with Gasteiger partial charge in [-0.3, -0.25) is 0 Å². The molecule has 0 saturated carbocycles. The molecular formula is C10H10ClNO. The SMILES string of the molecule is [C-]#[N+]CCc1ccc(OC)c(Cl)c1. The zero-order valence-electron chi connectivity index (χ0n) is 7.38. The van der Waals surface area contributed by atoms with Crippen LogP contribution in [-0.2, 0) is 6.42 Å². The molecule has 1 aromatic carbocycles. The van der Waals surface area contributed by atoms with Crippen LogP contribution in [0.3, 0.4) is 0 Å². The van der Waals surface area contributed by atoms with Gasteiger partial charge in [-0.2, -0.15) is 0 Å². The molecule has 68 valence electrons. The van der Waals surface area contributed by atoms with Crippen LogP contribution < -0.4 is 4.74 Å². The van der Waals surface area contributed by atoms with Gasteiger partial charge in [0.05, 0.1) is 12.1 Å². The smallest absolute Gasteiger partial charge is 0.218 e. The fourth-order valence-corrected chi connectivity index (χ4v) is 1.33. The van der Waals surface area contributed by atoms with Crippen LogP contribution in [0.2, 0.25) is 5.02 Å². The second-order valence-corrected chi connectivity index (χ2v) is 3.01. The molecule has 0 aromatic heterocycles. The van der Waals surface area contributed by atoms with Crippen LogP contribution in [0.4, 0.5) is 0 Å². The summed E-state index contributed by atoms with van der Waals surface area (Å²) >= 11 is 5.91. The Balaban J connectivity index is 2.78. The molecule has 0 aliphatic heterocycles. The lowest BCUT2D eigenvalue weighted by Crippen LogP contribution is -1.89. The van der Waals surface area contributed by atoms with Crippen molar-refractivity contribution in [3.8, 4) is 5.75 Å². The van der Waals surface area contributed by atoms with E-state index in [9.17, 15) is 0 Å². The summed E-state index contributed by atoms with van der Waals surface area (Å²) in [5.41, 5.74) is 1.07. The Bertz CT molecular complexity index is 330. The first-order chi connectivity index (χ1) is 6.27. The molecule has 1 aromatic rings. The Morgan fingerprint density at radius 3 is 2.85 bits per heavy atom. The lowest BCUT2D eigenvalue weighted by atomic mass is 10.1. The van der Waals surface area contributed by atoms with Gasteiger partial charge in [0.15, 0.2) is 0 Å². The van der Waals surface area contributed by atoms with E-state index in [0.717, 1.165) is 12.0 Å². The monoisotopic (exact) mass is 195 g/mol. The van der Waals surface area contributed by atoms with Crippen molar-refractivity contribution < 1.29 is 4.74 Å². The number of ether oxygens (including phenoxy) is 1. The van der Waals surface area contributed by atoms with Crippen LogP contribution in [0.1, 0.15) is 5.56 Å². The predicted molar refractivity (Wildman–Crippen MR) is 53.2 cm³/mol. The maximum Gasteiger partial charge on any atom is 0.218 e. The Kier molecular flexibility index (Phi) is 3.60. The molecule has 0 fully saturated rings. The van der Waals surface area contributed by atoms with Crippen LogP contribution in [0, 0.1) is 6.57 Å². The van der Waals surface area contributed by atoms with Crippen LogP contribution in [0.25, 0.3) is 4.85 Å². The van der Waals surface area contributed by atoms with Crippen LogP contribution >= 0.6 is 11.6 Å². The number of hydrogen-bond donors (Lipinski definition) is 0. The molecular weight excluding hydrogens is 186 g/mol. The van der Waals surface area contributed by atoms with E-state index in [1.54, 1.807) is 7.11 Å². The summed E-state index contributed by atoms with van der Waals surface area (Å²) in [5.74, 6) is 0.674. The van der Waals surface area contributed by atoms with E-state index in [1.165, 1.54) is 0 Å². The minimum Gasteiger partial charge on any atom is -0.495 e. The van der Waals surface area contributed by atoms with Crippen LogP contribution in [0.15, 0.2) is 18.2 Å². The summed E-state index contributed by atoms with van der Waals surface area (Å²) in [5, 5.41) is 0.602. The van der Waals surface area contributed by atoms with E-state index in [2.05, 4.69) is 4.85 Å². The van der Waals surface area contributed by atoms with Gasteiger partial charge in [-0.1, -0.05) is 17.7 Å². The van der Waals surface area contributed by atoms with Crippen LogP contribution in [0.5, 0.6) is 5.75 Å². The number of rotatable bonds is 3. The number of halogens is 1. The van der Waals surface area contributed by atoms with Crippen molar-refractivity contribution in [3.05, 3.63) is 40.2 Å². The van der Waals surface area contributed by atoms with Crippen molar-refractivity contribution in [1.29, 1.82) is 0 Å². The molecule has 0 saturated heterocycles. The summed E-state index contributed by atoms with van der Waals surface area (Å²) < 4.78 is 5.01. The van der Waals surface area contributed by atoms with Crippen molar-refractivity contribution in [3.63, 3.8) is 0 Å². The van der Waals surface area contributed by atoms with E-state index < -0.39 is 0 Å². The average molecular weight is 196 g/mol. The summed E-state index contributed by atoms with van der Waals surface area (Å²) in [6.07, 6.45) is 0.743. The molecule has 1 rings (SSSR count). The fraction of sp³-hybridized carbons (Fsp3) is 0.300. The van der Waals surface area contributed by atoms with Gasteiger partial charge < -0.3 is 9.58 Å². The molecule has 0 atom stereocenters. The lowest BCUT2D eigenvalue weighted by molar-refractivity contribution is 0.415. The summed E-state index contributed by atoms with van der Waals surface area (Å²) in [6, 6.07) is 5.59. The Hall–Kier alpha value is -1.20. The molecule has 0 N–H and O–H groups in total. The van der Waals surface area contributed by atoms with Gasteiger partial charge in [0.1, 0.15) is 5.75 Å². The van der Waals surface area contributed by atoms with Crippen molar-refractivity contribution in [1.82, 2.24) is 0 Å². The zero-order valence-corrected chi connectivity index (χ0v) is 8.14. The van der Waals surface area contributed by atoms with Crippen LogP contribution in [-0.4, -0.2) is 13.7 Å². The maximum atomic E-state index is 6.65. The molecule has 0 aliphatic carbocycles. The van der Waals surface area contributed by atoms with Gasteiger partial charge in [0.25, 0.3) is 0 Å². The molecule has 0 unspecified atom stereocenters. The number of benzene rings is 1. The van der Waals surface area contributed by atoms with E-state index in [-0.39, 0.29) is 0 Å². The van der Waals surface area contributed by atoms with Gasteiger partial charge in [0, 0.05) is 6.42 Å². The lowest BCUT2D eigenvalue weighted by Gasteiger charge is -2.03. The highest BCUT2D eigenvalue weighted by molar-refractivity contribution is 6.32. The van der Waals surface area contributed by atoms with E-state index in [0.29, 0.717) is 17.3 Å². The quantitative estimate of drug-likeness (QED) is 0.677. The second-order valence-electron chi connectivity index (χ2n) is 2.60. The summed E-state index contributed by atoms with van der Waals surface area (Å²) in [7, 11) is 1.58. The van der Waals surface area contributed by atoms with Crippen molar-refractivity contribution >= 4 is 11.6 Å². The van der Waals surface area contributed by atoms with Gasteiger partial charge in [-0.15, -0.1) is 0 Å². The number of nitrogens with zero attached hydrogens (tertiary/aromatic N) is 1. The molecule has 0 spiro atoms. The molecule has 2 nitrogen and oxygen atoms in total. The first kappa shape index (κ1) is 9.88. The third-order valence-corrected chi connectivity index (χ3v) is 2.02. The third kappa shape index (κ3) is 2.64. The highest BCUT2D eigenvalue weighted by Gasteiger charge is 2.01. The van der Waals surface area contributed by atoms with E-state index in [4.69, 9.17) is 22.9 Å². The zero-order chi connectivity index (χ0) is 9.68. The highest BCUT2D eigenvalue weighted by atomic mass is 35.5. The van der Waals surface area contributed by atoms with Gasteiger partial charge in [0.2, 0.25) is 6.54 Å². The largest absolute Gasteiger partial charge is 0.495 e. The third-order valence-electron chi connectivity index (χ3n) is 1.73. The van der Waals surface area contributed by atoms with E-state index >= 15 is 0 Å². The first-order valence-corrected chi connectivity index (χ1v) is 4.31. The molecule has 3 heteroatoms. The predicted octanol–water partition coefficient (Wildman–Crippen LogP) is 2.81. The topological polar surface area (TPSA) is 13.6 Å². The number of methoxy groups -OCH3 is 1. The van der Waals surface area contributed by atoms with Gasteiger partial charge in [-0.05, 0) is 17.7 Å². The highest BCUT2D eigenvalue weighted by Crippen LogP contribution is 2.24. The molecule has 0 radical (unpaired) electrons. The standard InChI is InChI=1S/C10H10ClNO/c1-12-6-5-8-3-4-10(13-2)9(11)7-8/h3-4,7H,5-6H2,2H3. The van der Waals surface area contributed by atoms with Gasteiger partial charge in [-0.25, -0.2) is 6.57 Å². The number of hydrogen-bond acceptors (Lipinski definition) is 1.